The highest BCUT2D eigenvalue weighted by molar-refractivity contribution is 5.96. The Morgan fingerprint density at radius 3 is 2.07 bits per heavy atom. The smallest absolute Gasteiger partial charge is 0.311 e. The number of methoxy groups -OCH3 is 1. The predicted octanol–water partition coefficient (Wildman–Crippen LogP) is 4.16. The fourth-order valence-corrected chi connectivity index (χ4v) is 2.71. The first-order chi connectivity index (χ1) is 13.7. The van der Waals surface area contributed by atoms with Crippen molar-refractivity contribution in [1.82, 2.24) is 0 Å². The van der Waals surface area contributed by atoms with Crippen LogP contribution in [0.3, 0.4) is 0 Å². The van der Waals surface area contributed by atoms with Crippen LogP contribution >= 0.6 is 0 Å². The highest BCUT2D eigenvalue weighted by atomic mass is 16.5. The van der Waals surface area contributed by atoms with E-state index < -0.39 is 18.0 Å². The number of carbonyl (C=O) groups is 2. The summed E-state index contributed by atoms with van der Waals surface area (Å²) < 4.78 is 10.7. The minimum absolute atomic E-state index is 0.0615. The molecule has 3 rings (SSSR count). The summed E-state index contributed by atoms with van der Waals surface area (Å²) in [5.74, 6) is -0.177. The van der Waals surface area contributed by atoms with Crippen LogP contribution in [0.15, 0.2) is 84.9 Å². The molecule has 0 saturated carbocycles. The third-order valence-electron chi connectivity index (χ3n) is 4.14. The van der Waals surface area contributed by atoms with Gasteiger partial charge in [0.15, 0.2) is 0 Å². The number of carbonyl (C=O) groups excluding carboxylic acids is 2. The summed E-state index contributed by atoms with van der Waals surface area (Å²) in [5.41, 5.74) is 2.03. The standard InChI is InChI=1S/C23H21NO4/c1-27-20-14-12-17(13-15-20)16-21(25)28-22(18-8-4-2-5-9-18)23(26)24-19-10-6-3-7-11-19/h2-15,22H,16H2,1H3,(H,24,26)/t22-/m0/s1. The van der Waals surface area contributed by atoms with Crippen molar-refractivity contribution < 1.29 is 19.1 Å². The molecular formula is C23H21NO4. The van der Waals surface area contributed by atoms with Crippen LogP contribution in [0.5, 0.6) is 5.75 Å². The van der Waals surface area contributed by atoms with Crippen molar-refractivity contribution in [3.8, 4) is 5.75 Å². The maximum absolute atomic E-state index is 12.8. The van der Waals surface area contributed by atoms with Gasteiger partial charge in [0.25, 0.3) is 5.91 Å². The van der Waals surface area contributed by atoms with Gasteiger partial charge >= 0.3 is 5.97 Å². The molecule has 0 aliphatic heterocycles. The van der Waals surface area contributed by atoms with Crippen molar-refractivity contribution in [2.45, 2.75) is 12.5 Å². The van der Waals surface area contributed by atoms with Gasteiger partial charge in [0.1, 0.15) is 5.75 Å². The third-order valence-corrected chi connectivity index (χ3v) is 4.14. The summed E-state index contributed by atoms with van der Waals surface area (Å²) in [6.07, 6.45) is -0.974. The third kappa shape index (κ3) is 5.20. The minimum atomic E-state index is -1.04. The van der Waals surface area contributed by atoms with Gasteiger partial charge in [0.2, 0.25) is 6.10 Å². The Kier molecular flexibility index (Phi) is 6.41. The average Bonchev–Trinajstić information content (AvgIpc) is 2.74. The molecule has 5 nitrogen and oxygen atoms in total. The normalized spacial score (nSPS) is 11.3. The number of ether oxygens (including phenoxy) is 2. The van der Waals surface area contributed by atoms with E-state index in [2.05, 4.69) is 5.32 Å². The Morgan fingerprint density at radius 2 is 1.46 bits per heavy atom. The number of amides is 1. The maximum atomic E-state index is 12.8. The second-order valence-electron chi connectivity index (χ2n) is 6.16. The zero-order chi connectivity index (χ0) is 19.8. The molecule has 0 radical (unpaired) electrons. The van der Waals surface area contributed by atoms with Crippen LogP contribution in [0, 0.1) is 0 Å². The number of rotatable bonds is 7. The number of para-hydroxylation sites is 1. The van der Waals surface area contributed by atoms with E-state index in [1.807, 2.05) is 24.3 Å². The number of benzene rings is 3. The van der Waals surface area contributed by atoms with E-state index in [4.69, 9.17) is 9.47 Å². The average molecular weight is 375 g/mol. The second-order valence-corrected chi connectivity index (χ2v) is 6.16. The molecule has 28 heavy (non-hydrogen) atoms. The summed E-state index contributed by atoms with van der Waals surface area (Å²) in [4.78, 5) is 25.3. The van der Waals surface area contributed by atoms with Gasteiger partial charge in [-0.1, -0.05) is 60.7 Å². The summed E-state index contributed by atoms with van der Waals surface area (Å²) >= 11 is 0. The molecule has 0 aliphatic rings. The van der Waals surface area contributed by atoms with Crippen molar-refractivity contribution >= 4 is 17.6 Å². The van der Waals surface area contributed by atoms with Gasteiger partial charge in [-0.2, -0.15) is 0 Å². The van der Waals surface area contributed by atoms with E-state index in [1.54, 1.807) is 67.8 Å². The predicted molar refractivity (Wildman–Crippen MR) is 107 cm³/mol. The molecule has 5 heteroatoms. The van der Waals surface area contributed by atoms with Gasteiger partial charge in [-0.15, -0.1) is 0 Å². The van der Waals surface area contributed by atoms with Gasteiger partial charge in [-0.25, -0.2) is 0 Å². The SMILES string of the molecule is COc1ccc(CC(=O)O[C@H](C(=O)Nc2ccccc2)c2ccccc2)cc1. The summed E-state index contributed by atoms with van der Waals surface area (Å²) in [6, 6.07) is 25.2. The summed E-state index contributed by atoms with van der Waals surface area (Å²) in [7, 11) is 1.58. The largest absolute Gasteiger partial charge is 0.497 e. The van der Waals surface area contributed by atoms with Crippen LogP contribution in [0.4, 0.5) is 5.69 Å². The van der Waals surface area contributed by atoms with Crippen LogP contribution in [0.2, 0.25) is 0 Å². The molecule has 0 aliphatic carbocycles. The quantitative estimate of drug-likeness (QED) is 0.630. The second kappa shape index (κ2) is 9.37. The molecule has 1 amide bonds. The Hall–Kier alpha value is -3.60. The Labute approximate surface area is 163 Å². The number of hydrogen-bond acceptors (Lipinski definition) is 4. The van der Waals surface area contributed by atoms with Crippen molar-refractivity contribution in [1.29, 1.82) is 0 Å². The number of hydrogen-bond donors (Lipinski definition) is 1. The molecule has 3 aromatic carbocycles. The van der Waals surface area contributed by atoms with Crippen LogP contribution in [-0.4, -0.2) is 19.0 Å². The van der Waals surface area contributed by atoms with Crippen molar-refractivity contribution in [3.63, 3.8) is 0 Å². The summed E-state index contributed by atoms with van der Waals surface area (Å²) in [6.45, 7) is 0. The highest BCUT2D eigenvalue weighted by Crippen LogP contribution is 2.21. The Balaban J connectivity index is 1.73. The first-order valence-electron chi connectivity index (χ1n) is 8.89. The molecule has 0 fully saturated rings. The fraction of sp³-hybridized carbons (Fsp3) is 0.130. The first kappa shape index (κ1) is 19.2. The molecule has 0 unspecified atom stereocenters. The molecule has 0 heterocycles. The van der Waals surface area contributed by atoms with Crippen LogP contribution < -0.4 is 10.1 Å². The zero-order valence-corrected chi connectivity index (χ0v) is 15.5. The first-order valence-corrected chi connectivity index (χ1v) is 8.89. The lowest BCUT2D eigenvalue weighted by Crippen LogP contribution is -2.26. The molecule has 0 saturated heterocycles. The number of nitrogens with one attached hydrogen (secondary N) is 1. The van der Waals surface area contributed by atoms with E-state index in [9.17, 15) is 9.59 Å². The minimum Gasteiger partial charge on any atom is -0.497 e. The van der Waals surface area contributed by atoms with Gasteiger partial charge in [-0.3, -0.25) is 9.59 Å². The molecule has 142 valence electrons. The van der Waals surface area contributed by atoms with Gasteiger partial charge in [0.05, 0.1) is 13.5 Å². The van der Waals surface area contributed by atoms with Crippen molar-refractivity contribution in [2.75, 3.05) is 12.4 Å². The van der Waals surface area contributed by atoms with Crippen molar-refractivity contribution in [2.24, 2.45) is 0 Å². The van der Waals surface area contributed by atoms with Crippen molar-refractivity contribution in [3.05, 3.63) is 96.1 Å². The molecule has 0 aromatic heterocycles. The number of esters is 1. The Morgan fingerprint density at radius 1 is 0.857 bits per heavy atom. The monoisotopic (exact) mass is 375 g/mol. The van der Waals surface area contributed by atoms with E-state index in [0.29, 0.717) is 17.0 Å². The molecule has 0 bridgehead atoms. The van der Waals surface area contributed by atoms with Gasteiger partial charge < -0.3 is 14.8 Å². The Bertz CT molecular complexity index is 908. The summed E-state index contributed by atoms with van der Waals surface area (Å²) in [5, 5.41) is 2.79. The molecule has 0 spiro atoms. The fourth-order valence-electron chi connectivity index (χ4n) is 2.71. The topological polar surface area (TPSA) is 64.6 Å². The van der Waals surface area contributed by atoms with Crippen LogP contribution in [0.25, 0.3) is 0 Å². The lowest BCUT2D eigenvalue weighted by Gasteiger charge is -2.18. The maximum Gasteiger partial charge on any atom is 0.311 e. The molecule has 1 N–H and O–H groups in total. The lowest BCUT2D eigenvalue weighted by atomic mass is 10.1. The zero-order valence-electron chi connectivity index (χ0n) is 15.5. The van der Waals surface area contributed by atoms with E-state index in [-0.39, 0.29) is 6.42 Å². The van der Waals surface area contributed by atoms with Crippen LogP contribution in [-0.2, 0) is 20.7 Å². The van der Waals surface area contributed by atoms with E-state index in [0.717, 1.165) is 5.56 Å². The molecule has 1 atom stereocenters. The lowest BCUT2D eigenvalue weighted by molar-refractivity contribution is -0.154. The van der Waals surface area contributed by atoms with Gasteiger partial charge in [0, 0.05) is 11.3 Å². The highest BCUT2D eigenvalue weighted by Gasteiger charge is 2.25. The molecule has 3 aromatic rings. The number of anilines is 1. The van der Waals surface area contributed by atoms with E-state index >= 15 is 0 Å². The van der Waals surface area contributed by atoms with E-state index in [1.165, 1.54) is 0 Å². The molecular weight excluding hydrogens is 354 g/mol. The van der Waals surface area contributed by atoms with Gasteiger partial charge in [-0.05, 0) is 29.8 Å². The van der Waals surface area contributed by atoms with Crippen LogP contribution in [0.1, 0.15) is 17.2 Å².